The first-order valence-electron chi connectivity index (χ1n) is 6.95. The molecule has 0 saturated heterocycles. The van der Waals surface area contributed by atoms with E-state index < -0.39 is 28.6 Å². The van der Waals surface area contributed by atoms with Crippen molar-refractivity contribution in [2.75, 3.05) is 6.54 Å². The summed E-state index contributed by atoms with van der Waals surface area (Å²) in [4.78, 5) is 11.2. The van der Waals surface area contributed by atoms with Gasteiger partial charge >= 0.3 is 5.97 Å². The van der Waals surface area contributed by atoms with Crippen molar-refractivity contribution in [1.29, 1.82) is 0 Å². The Hall–Kier alpha value is -1.86. The summed E-state index contributed by atoms with van der Waals surface area (Å²) in [6.45, 7) is 4.51. The second-order valence-corrected chi connectivity index (χ2v) is 7.36. The van der Waals surface area contributed by atoms with Gasteiger partial charge in [-0.1, -0.05) is 18.2 Å². The molecule has 0 unspecified atom stereocenters. The third-order valence-electron chi connectivity index (χ3n) is 3.78. The van der Waals surface area contributed by atoms with Gasteiger partial charge in [0.2, 0.25) is 10.0 Å². The first-order valence-corrected chi connectivity index (χ1v) is 8.39. The second kappa shape index (κ2) is 5.73. The van der Waals surface area contributed by atoms with Crippen LogP contribution in [-0.2, 0) is 21.9 Å². The van der Waals surface area contributed by atoms with E-state index in [2.05, 4.69) is 0 Å². The number of para-hydroxylation sites is 1. The molecular weight excluding hydrogens is 304 g/mol. The lowest BCUT2D eigenvalue weighted by Crippen LogP contribution is -2.40. The normalized spacial score (nSPS) is 12.5. The van der Waals surface area contributed by atoms with Gasteiger partial charge in [-0.15, -0.1) is 0 Å². The molecule has 0 fully saturated rings. The molecule has 6 nitrogen and oxygen atoms in total. The monoisotopic (exact) mass is 324 g/mol. The minimum atomic E-state index is -3.90. The molecule has 2 aromatic rings. The fraction of sp³-hybridized carbons (Fsp3) is 0.400. The lowest BCUT2D eigenvalue weighted by molar-refractivity contribution is -0.137. The molecule has 0 aliphatic carbocycles. The Morgan fingerprint density at radius 1 is 1.32 bits per heavy atom. The van der Waals surface area contributed by atoms with Crippen LogP contribution in [0.15, 0.2) is 29.2 Å². The zero-order valence-corrected chi connectivity index (χ0v) is 13.9. The molecule has 1 aromatic heterocycles. The minimum absolute atomic E-state index is 0.181. The molecule has 0 amide bonds. The molecule has 1 heterocycles. The molecular formula is C15H20N2O4S. The Kier molecular flexibility index (Phi) is 4.30. The number of aliphatic carboxylic acids is 1. The number of benzene rings is 1. The highest BCUT2D eigenvalue weighted by atomic mass is 32.2. The summed E-state index contributed by atoms with van der Waals surface area (Å²) in [7, 11) is -2.10. The van der Waals surface area contributed by atoms with E-state index in [4.69, 9.17) is 5.11 Å². The van der Waals surface area contributed by atoms with Crippen LogP contribution in [0.25, 0.3) is 10.9 Å². The average Bonchev–Trinajstić information content (AvgIpc) is 2.68. The van der Waals surface area contributed by atoms with E-state index in [-0.39, 0.29) is 4.90 Å². The van der Waals surface area contributed by atoms with Crippen molar-refractivity contribution in [1.82, 2.24) is 8.87 Å². The molecule has 0 spiro atoms. The molecule has 0 saturated carbocycles. The molecule has 2 rings (SSSR count). The minimum Gasteiger partial charge on any atom is -0.480 e. The molecule has 120 valence electrons. The van der Waals surface area contributed by atoms with Gasteiger partial charge in [0.1, 0.15) is 11.4 Å². The fourth-order valence-corrected chi connectivity index (χ4v) is 4.64. The first kappa shape index (κ1) is 16.5. The molecule has 0 radical (unpaired) electrons. The zero-order valence-electron chi connectivity index (χ0n) is 13.1. The van der Waals surface area contributed by atoms with Crippen molar-refractivity contribution in [2.45, 2.75) is 31.7 Å². The number of carboxylic acids is 1. The Morgan fingerprint density at radius 2 is 1.91 bits per heavy atom. The van der Waals surface area contributed by atoms with E-state index in [9.17, 15) is 13.2 Å². The van der Waals surface area contributed by atoms with Gasteiger partial charge in [-0.2, -0.15) is 4.31 Å². The number of aromatic nitrogens is 1. The Balaban J connectivity index is 2.73. The third-order valence-corrected chi connectivity index (χ3v) is 5.97. The smallest absolute Gasteiger partial charge is 0.318 e. The van der Waals surface area contributed by atoms with E-state index in [1.165, 1.54) is 0 Å². The number of hydrogen-bond acceptors (Lipinski definition) is 3. The van der Waals surface area contributed by atoms with Crippen molar-refractivity contribution < 1.29 is 18.3 Å². The largest absolute Gasteiger partial charge is 0.480 e. The van der Waals surface area contributed by atoms with Crippen molar-refractivity contribution in [3.63, 3.8) is 0 Å². The van der Waals surface area contributed by atoms with Crippen LogP contribution < -0.4 is 0 Å². The van der Waals surface area contributed by atoms with Gasteiger partial charge < -0.3 is 9.67 Å². The summed E-state index contributed by atoms with van der Waals surface area (Å²) in [6, 6.07) is 6.76. The highest BCUT2D eigenvalue weighted by molar-refractivity contribution is 7.89. The highest BCUT2D eigenvalue weighted by Gasteiger charge is 2.33. The molecule has 0 bridgehead atoms. The van der Waals surface area contributed by atoms with Gasteiger partial charge in [0, 0.05) is 29.7 Å². The van der Waals surface area contributed by atoms with Crippen molar-refractivity contribution in [3.8, 4) is 0 Å². The van der Waals surface area contributed by atoms with Gasteiger partial charge in [0.05, 0.1) is 0 Å². The summed E-state index contributed by atoms with van der Waals surface area (Å²) < 4.78 is 28.8. The van der Waals surface area contributed by atoms with Crippen LogP contribution in [0, 0.1) is 6.92 Å². The predicted octanol–water partition coefficient (Wildman–Crippen LogP) is 1.97. The number of rotatable bonds is 5. The summed E-state index contributed by atoms with van der Waals surface area (Å²) in [5.41, 5.74) is 1.40. The summed E-state index contributed by atoms with van der Waals surface area (Å²) in [6.07, 6.45) is 0. The maximum Gasteiger partial charge on any atom is 0.318 e. The standard InChI is InChI=1S/C15H20N2O4S/c1-10(2)17(9-14(18)19)22(20,21)15-11(3)16(4)13-8-6-5-7-12(13)15/h5-8,10H,9H2,1-4H3,(H,18,19). The van der Waals surface area contributed by atoms with E-state index >= 15 is 0 Å². The zero-order chi connectivity index (χ0) is 16.7. The van der Waals surface area contributed by atoms with Gasteiger partial charge in [0.25, 0.3) is 0 Å². The van der Waals surface area contributed by atoms with Crippen LogP contribution >= 0.6 is 0 Å². The Labute approximate surface area is 130 Å². The molecule has 22 heavy (non-hydrogen) atoms. The fourth-order valence-electron chi connectivity index (χ4n) is 2.61. The first-order chi connectivity index (χ1) is 10.2. The van der Waals surface area contributed by atoms with E-state index in [0.717, 1.165) is 9.82 Å². The van der Waals surface area contributed by atoms with Crippen LogP contribution in [0.5, 0.6) is 0 Å². The number of nitrogens with zero attached hydrogens (tertiary/aromatic N) is 2. The molecule has 1 aromatic carbocycles. The van der Waals surface area contributed by atoms with Gasteiger partial charge in [0.15, 0.2) is 0 Å². The lowest BCUT2D eigenvalue weighted by Gasteiger charge is -2.24. The van der Waals surface area contributed by atoms with Crippen molar-refractivity contribution in [3.05, 3.63) is 30.0 Å². The van der Waals surface area contributed by atoms with Gasteiger partial charge in [-0.3, -0.25) is 4.79 Å². The summed E-state index contributed by atoms with van der Waals surface area (Å²) in [5, 5.41) is 9.63. The predicted molar refractivity (Wildman–Crippen MR) is 84.3 cm³/mol. The highest BCUT2D eigenvalue weighted by Crippen LogP contribution is 2.31. The molecule has 0 aliphatic heterocycles. The maximum atomic E-state index is 13.0. The third kappa shape index (κ3) is 2.62. The number of aryl methyl sites for hydroxylation is 1. The molecule has 0 atom stereocenters. The molecule has 1 N–H and O–H groups in total. The number of carbonyl (C=O) groups is 1. The van der Waals surface area contributed by atoms with Crippen LogP contribution in [-0.4, -0.2) is 41.0 Å². The Bertz CT molecular complexity index is 821. The van der Waals surface area contributed by atoms with E-state index in [1.54, 1.807) is 40.0 Å². The number of carboxylic acid groups (broad SMARTS) is 1. The van der Waals surface area contributed by atoms with Gasteiger partial charge in [-0.25, -0.2) is 8.42 Å². The quantitative estimate of drug-likeness (QED) is 0.912. The number of hydrogen-bond donors (Lipinski definition) is 1. The van der Waals surface area contributed by atoms with Crippen molar-refractivity contribution in [2.24, 2.45) is 7.05 Å². The van der Waals surface area contributed by atoms with Crippen LogP contribution in [0.2, 0.25) is 0 Å². The van der Waals surface area contributed by atoms with Crippen LogP contribution in [0.1, 0.15) is 19.5 Å². The van der Waals surface area contributed by atoms with E-state index in [1.807, 2.05) is 16.7 Å². The second-order valence-electron chi connectivity index (χ2n) is 5.53. The van der Waals surface area contributed by atoms with Gasteiger partial charge in [-0.05, 0) is 26.8 Å². The number of sulfonamides is 1. The number of fused-ring (bicyclic) bond motifs is 1. The lowest BCUT2D eigenvalue weighted by atomic mass is 10.2. The SMILES string of the molecule is Cc1c(S(=O)(=O)N(CC(=O)O)C(C)C)c2ccccc2n1C. The topological polar surface area (TPSA) is 79.6 Å². The van der Waals surface area contributed by atoms with Crippen LogP contribution in [0.3, 0.4) is 0 Å². The average molecular weight is 324 g/mol. The summed E-state index contributed by atoms with van der Waals surface area (Å²) >= 11 is 0. The molecule has 7 heteroatoms. The van der Waals surface area contributed by atoms with Crippen molar-refractivity contribution >= 4 is 26.9 Å². The van der Waals surface area contributed by atoms with E-state index in [0.29, 0.717) is 11.1 Å². The Morgan fingerprint density at radius 3 is 2.45 bits per heavy atom. The van der Waals surface area contributed by atoms with Crippen LogP contribution in [0.4, 0.5) is 0 Å². The maximum absolute atomic E-state index is 13.0. The summed E-state index contributed by atoms with van der Waals surface area (Å²) in [5.74, 6) is -1.17. The molecule has 0 aliphatic rings.